The summed E-state index contributed by atoms with van der Waals surface area (Å²) in [5, 5.41) is 0. The van der Waals surface area contributed by atoms with E-state index >= 15 is 0 Å². The fourth-order valence-corrected chi connectivity index (χ4v) is 1.06. The second-order valence-electron chi connectivity index (χ2n) is 2.52. The highest BCUT2D eigenvalue weighted by atomic mass is 16.1. The molecule has 1 heterocycles. The van der Waals surface area contributed by atoms with Crippen LogP contribution in [0.4, 0.5) is 5.69 Å². The molecule has 1 aromatic heterocycles. The lowest BCUT2D eigenvalue weighted by Gasteiger charge is -1.96. The van der Waals surface area contributed by atoms with Gasteiger partial charge in [-0.2, -0.15) is 0 Å². The van der Waals surface area contributed by atoms with Crippen molar-refractivity contribution in [2.24, 2.45) is 0 Å². The van der Waals surface area contributed by atoms with Crippen LogP contribution in [-0.2, 0) is 0 Å². The molecule has 0 atom stereocenters. The van der Waals surface area contributed by atoms with Gasteiger partial charge in [-0.05, 0) is 18.2 Å². The molecule has 0 aliphatic heterocycles. The van der Waals surface area contributed by atoms with Gasteiger partial charge in [0.15, 0.2) is 0 Å². The maximum absolute atomic E-state index is 10.8. The highest BCUT2D eigenvalue weighted by molar-refractivity contribution is 5.77. The minimum absolute atomic E-state index is 0.215. The summed E-state index contributed by atoms with van der Waals surface area (Å²) < 4.78 is 0. The molecule has 0 spiro atoms. The third kappa shape index (κ3) is 1.03. The number of fused-ring (bicyclic) bond motifs is 1. The first-order valence-corrected chi connectivity index (χ1v) is 3.50. The standard InChI is InChI=1S/C8H7N3O/c9-5-1-2-6-7(3-5)11-8(12)4-10-6/h1-4H,9H2,(H,11,12). The van der Waals surface area contributed by atoms with E-state index in [0.717, 1.165) is 5.52 Å². The quantitative estimate of drug-likeness (QED) is 0.553. The van der Waals surface area contributed by atoms with Crippen molar-refractivity contribution in [1.29, 1.82) is 0 Å². The summed E-state index contributed by atoms with van der Waals surface area (Å²) in [4.78, 5) is 17.4. The number of nitrogens with one attached hydrogen (secondary N) is 1. The van der Waals surface area contributed by atoms with E-state index in [-0.39, 0.29) is 5.56 Å². The van der Waals surface area contributed by atoms with Gasteiger partial charge in [0.1, 0.15) is 0 Å². The zero-order valence-corrected chi connectivity index (χ0v) is 6.24. The van der Waals surface area contributed by atoms with Crippen LogP contribution >= 0.6 is 0 Å². The first-order chi connectivity index (χ1) is 5.75. The van der Waals surface area contributed by atoms with Crippen molar-refractivity contribution in [2.75, 3.05) is 5.73 Å². The molecule has 0 bridgehead atoms. The number of aromatic amines is 1. The van der Waals surface area contributed by atoms with E-state index in [9.17, 15) is 4.79 Å². The molecule has 4 heteroatoms. The number of hydrogen-bond acceptors (Lipinski definition) is 3. The molecule has 0 aliphatic rings. The van der Waals surface area contributed by atoms with Crippen LogP contribution in [0, 0.1) is 0 Å². The summed E-state index contributed by atoms with van der Waals surface area (Å²) in [5.41, 5.74) is 7.33. The number of nitrogen functional groups attached to an aromatic ring is 1. The third-order valence-electron chi connectivity index (χ3n) is 1.60. The topological polar surface area (TPSA) is 71.8 Å². The molecule has 1 aromatic carbocycles. The van der Waals surface area contributed by atoms with Crippen molar-refractivity contribution in [3.8, 4) is 0 Å². The Balaban J connectivity index is 2.89. The summed E-state index contributed by atoms with van der Waals surface area (Å²) in [6.45, 7) is 0. The normalized spacial score (nSPS) is 10.3. The summed E-state index contributed by atoms with van der Waals surface area (Å²) in [7, 11) is 0. The summed E-state index contributed by atoms with van der Waals surface area (Å²) >= 11 is 0. The summed E-state index contributed by atoms with van der Waals surface area (Å²) in [6, 6.07) is 5.19. The minimum atomic E-state index is -0.215. The molecule has 0 saturated carbocycles. The van der Waals surface area contributed by atoms with Crippen molar-refractivity contribution in [2.45, 2.75) is 0 Å². The molecule has 60 valence electrons. The maximum Gasteiger partial charge on any atom is 0.266 e. The highest BCUT2D eigenvalue weighted by Gasteiger charge is 1.94. The number of benzene rings is 1. The number of anilines is 1. The molecule has 12 heavy (non-hydrogen) atoms. The van der Waals surface area contributed by atoms with Crippen LogP contribution in [-0.4, -0.2) is 9.97 Å². The van der Waals surface area contributed by atoms with Crippen LogP contribution in [0.5, 0.6) is 0 Å². The van der Waals surface area contributed by atoms with Crippen LogP contribution in [0.3, 0.4) is 0 Å². The Kier molecular flexibility index (Phi) is 1.33. The molecule has 4 nitrogen and oxygen atoms in total. The van der Waals surface area contributed by atoms with Gasteiger partial charge in [0.2, 0.25) is 0 Å². The van der Waals surface area contributed by atoms with Gasteiger partial charge in [-0.25, -0.2) is 4.98 Å². The van der Waals surface area contributed by atoms with Gasteiger partial charge in [0.05, 0.1) is 17.2 Å². The van der Waals surface area contributed by atoms with E-state index in [1.165, 1.54) is 6.20 Å². The predicted molar refractivity (Wildman–Crippen MR) is 46.8 cm³/mol. The van der Waals surface area contributed by atoms with Gasteiger partial charge >= 0.3 is 0 Å². The SMILES string of the molecule is Nc1ccc2ncc(=O)[nH]c2c1. The third-order valence-corrected chi connectivity index (χ3v) is 1.60. The van der Waals surface area contributed by atoms with E-state index < -0.39 is 0 Å². The fraction of sp³-hybridized carbons (Fsp3) is 0. The highest BCUT2D eigenvalue weighted by Crippen LogP contribution is 2.10. The van der Waals surface area contributed by atoms with Gasteiger partial charge in [-0.3, -0.25) is 4.79 Å². The zero-order chi connectivity index (χ0) is 8.55. The van der Waals surface area contributed by atoms with Gasteiger partial charge in [0.25, 0.3) is 5.56 Å². The van der Waals surface area contributed by atoms with Crippen molar-refractivity contribution < 1.29 is 0 Å². The summed E-state index contributed by atoms with van der Waals surface area (Å²) in [5.74, 6) is 0. The predicted octanol–water partition coefficient (Wildman–Crippen LogP) is 0.505. The van der Waals surface area contributed by atoms with Crippen molar-refractivity contribution >= 4 is 16.7 Å². The number of hydrogen-bond donors (Lipinski definition) is 2. The van der Waals surface area contributed by atoms with Gasteiger partial charge < -0.3 is 10.7 Å². The molecular weight excluding hydrogens is 154 g/mol. The molecule has 0 unspecified atom stereocenters. The van der Waals surface area contributed by atoms with Gasteiger partial charge in [-0.15, -0.1) is 0 Å². The number of nitrogens with zero attached hydrogens (tertiary/aromatic N) is 1. The largest absolute Gasteiger partial charge is 0.399 e. The number of nitrogens with two attached hydrogens (primary N) is 1. The molecule has 0 fully saturated rings. The second kappa shape index (κ2) is 2.34. The fourth-order valence-electron chi connectivity index (χ4n) is 1.06. The Morgan fingerprint density at radius 1 is 1.42 bits per heavy atom. The molecular formula is C8H7N3O. The zero-order valence-electron chi connectivity index (χ0n) is 6.24. The Morgan fingerprint density at radius 3 is 3.08 bits per heavy atom. The van der Waals surface area contributed by atoms with Crippen molar-refractivity contribution in [3.63, 3.8) is 0 Å². The van der Waals surface area contributed by atoms with E-state index in [0.29, 0.717) is 11.2 Å². The second-order valence-corrected chi connectivity index (χ2v) is 2.52. The molecule has 2 aromatic rings. The van der Waals surface area contributed by atoms with Crippen molar-refractivity contribution in [1.82, 2.24) is 9.97 Å². The monoisotopic (exact) mass is 161 g/mol. The minimum Gasteiger partial charge on any atom is -0.399 e. The lowest BCUT2D eigenvalue weighted by atomic mass is 10.3. The van der Waals surface area contributed by atoms with Crippen LogP contribution in [0.1, 0.15) is 0 Å². The average molecular weight is 161 g/mol. The van der Waals surface area contributed by atoms with Gasteiger partial charge in [-0.1, -0.05) is 0 Å². The Bertz CT molecular complexity index is 475. The molecule has 0 radical (unpaired) electrons. The average Bonchev–Trinajstić information content (AvgIpc) is 2.03. The number of aromatic nitrogens is 2. The molecule has 0 saturated heterocycles. The molecule has 0 amide bonds. The summed E-state index contributed by atoms with van der Waals surface area (Å²) in [6.07, 6.45) is 1.25. The Hall–Kier alpha value is -1.84. The molecule has 0 aliphatic carbocycles. The lowest BCUT2D eigenvalue weighted by molar-refractivity contribution is 1.22. The lowest BCUT2D eigenvalue weighted by Crippen LogP contribution is -2.04. The Labute approximate surface area is 68.1 Å². The van der Waals surface area contributed by atoms with E-state index in [2.05, 4.69) is 9.97 Å². The van der Waals surface area contributed by atoms with E-state index in [1.807, 2.05) is 0 Å². The van der Waals surface area contributed by atoms with Crippen LogP contribution in [0.15, 0.2) is 29.2 Å². The van der Waals surface area contributed by atoms with Crippen LogP contribution in [0.25, 0.3) is 11.0 Å². The smallest absolute Gasteiger partial charge is 0.266 e. The van der Waals surface area contributed by atoms with Crippen LogP contribution < -0.4 is 11.3 Å². The maximum atomic E-state index is 10.8. The molecule has 3 N–H and O–H groups in total. The first-order valence-electron chi connectivity index (χ1n) is 3.50. The molecule has 2 rings (SSSR count). The number of rotatable bonds is 0. The van der Waals surface area contributed by atoms with Crippen LogP contribution in [0.2, 0.25) is 0 Å². The number of H-pyrrole nitrogens is 1. The van der Waals surface area contributed by atoms with Gasteiger partial charge in [0, 0.05) is 5.69 Å². The first kappa shape index (κ1) is 6.84. The van der Waals surface area contributed by atoms with E-state index in [1.54, 1.807) is 18.2 Å². The van der Waals surface area contributed by atoms with Crippen molar-refractivity contribution in [3.05, 3.63) is 34.7 Å². The Morgan fingerprint density at radius 2 is 2.25 bits per heavy atom. The van der Waals surface area contributed by atoms with E-state index in [4.69, 9.17) is 5.73 Å².